The SMILES string of the molecule is CN(C)C1Cc2c3n(c4cccc(O)c24)C(=O)CC2CCCC1C32. The zero-order valence-electron chi connectivity index (χ0n) is 14.3. The van der Waals surface area contributed by atoms with E-state index in [9.17, 15) is 9.90 Å². The first kappa shape index (κ1) is 14.5. The van der Waals surface area contributed by atoms with Crippen molar-refractivity contribution in [2.75, 3.05) is 14.1 Å². The number of carbonyl (C=O) groups excluding carboxylic acids is 1. The summed E-state index contributed by atoms with van der Waals surface area (Å²) in [6.07, 6.45) is 5.26. The van der Waals surface area contributed by atoms with Gasteiger partial charge in [-0.1, -0.05) is 12.5 Å². The lowest BCUT2D eigenvalue weighted by Crippen LogP contribution is -2.49. The van der Waals surface area contributed by atoms with Crippen molar-refractivity contribution in [1.82, 2.24) is 9.47 Å². The Balaban J connectivity index is 1.85. The molecule has 1 aromatic carbocycles. The highest BCUT2D eigenvalue weighted by molar-refractivity contribution is 6.00. The van der Waals surface area contributed by atoms with Crippen LogP contribution in [0.3, 0.4) is 0 Å². The summed E-state index contributed by atoms with van der Waals surface area (Å²) in [6.45, 7) is 0. The second-order valence-corrected chi connectivity index (χ2v) is 8.08. The quantitative estimate of drug-likeness (QED) is 0.875. The van der Waals surface area contributed by atoms with E-state index in [0.717, 1.165) is 17.3 Å². The Labute approximate surface area is 142 Å². The molecule has 0 amide bonds. The molecule has 2 heterocycles. The van der Waals surface area contributed by atoms with Crippen LogP contribution in [0.1, 0.15) is 47.7 Å². The highest BCUT2D eigenvalue weighted by atomic mass is 16.3. The minimum atomic E-state index is 0.219. The zero-order chi connectivity index (χ0) is 16.6. The maximum Gasteiger partial charge on any atom is 0.231 e. The van der Waals surface area contributed by atoms with Gasteiger partial charge in [0.25, 0.3) is 0 Å². The second kappa shape index (κ2) is 4.85. The number of rotatable bonds is 1. The highest BCUT2D eigenvalue weighted by Gasteiger charge is 2.49. The van der Waals surface area contributed by atoms with Crippen molar-refractivity contribution >= 4 is 16.8 Å². The average Bonchev–Trinajstić information content (AvgIpc) is 2.90. The molecule has 4 unspecified atom stereocenters. The monoisotopic (exact) mass is 324 g/mol. The summed E-state index contributed by atoms with van der Waals surface area (Å²) >= 11 is 0. The van der Waals surface area contributed by atoms with Gasteiger partial charge >= 0.3 is 0 Å². The molecule has 0 bridgehead atoms. The van der Waals surface area contributed by atoms with Crippen molar-refractivity contribution < 1.29 is 9.90 Å². The normalized spacial score (nSPS) is 31.5. The summed E-state index contributed by atoms with van der Waals surface area (Å²) in [5, 5.41) is 11.4. The summed E-state index contributed by atoms with van der Waals surface area (Å²) in [4.78, 5) is 15.3. The van der Waals surface area contributed by atoms with Crippen molar-refractivity contribution in [3.8, 4) is 5.75 Å². The van der Waals surface area contributed by atoms with Gasteiger partial charge in [-0.2, -0.15) is 0 Å². The number of benzene rings is 1. The molecule has 3 aliphatic rings. The van der Waals surface area contributed by atoms with Crippen molar-refractivity contribution in [2.24, 2.45) is 11.8 Å². The van der Waals surface area contributed by atoms with E-state index >= 15 is 0 Å². The lowest BCUT2D eigenvalue weighted by atomic mass is 9.61. The molecule has 126 valence electrons. The van der Waals surface area contributed by atoms with Gasteiger partial charge in [0, 0.05) is 29.5 Å². The molecule has 1 aromatic heterocycles. The molecule has 5 rings (SSSR count). The molecule has 0 radical (unpaired) electrons. The van der Waals surface area contributed by atoms with Crippen LogP contribution >= 0.6 is 0 Å². The lowest BCUT2D eigenvalue weighted by molar-refractivity contribution is 0.0627. The van der Waals surface area contributed by atoms with Crippen molar-refractivity contribution in [2.45, 2.75) is 44.1 Å². The van der Waals surface area contributed by atoms with Gasteiger partial charge in [0.2, 0.25) is 5.91 Å². The summed E-state index contributed by atoms with van der Waals surface area (Å²) in [7, 11) is 4.35. The standard InChI is InChI=1S/C20H24N2O2/c1-21(2)15-10-13-19-14(7-4-8-16(19)23)22-17(24)9-11-5-3-6-12(15)18(11)20(13)22/h4,7-8,11-12,15,18,23H,3,5-6,9-10H2,1-2H3. The molecule has 2 aliphatic carbocycles. The summed E-state index contributed by atoms with van der Waals surface area (Å²) in [5.41, 5.74) is 3.37. The molecule has 0 spiro atoms. The van der Waals surface area contributed by atoms with E-state index in [2.05, 4.69) is 19.0 Å². The Bertz CT molecular complexity index is 851. The van der Waals surface area contributed by atoms with Crippen LogP contribution in [0.15, 0.2) is 18.2 Å². The van der Waals surface area contributed by atoms with E-state index in [1.807, 2.05) is 16.7 Å². The largest absolute Gasteiger partial charge is 0.507 e. The first-order chi connectivity index (χ1) is 11.6. The van der Waals surface area contributed by atoms with Crippen LogP contribution in [0, 0.1) is 11.8 Å². The van der Waals surface area contributed by atoms with Gasteiger partial charge in [0.15, 0.2) is 0 Å². The number of phenolic OH excluding ortho intramolecular Hbond substituents is 1. The van der Waals surface area contributed by atoms with E-state index in [-0.39, 0.29) is 5.91 Å². The summed E-state index contributed by atoms with van der Waals surface area (Å²) in [5.74, 6) is 2.12. The van der Waals surface area contributed by atoms with Crippen LogP contribution < -0.4 is 0 Å². The molecule has 4 atom stereocenters. The Kier molecular flexibility index (Phi) is 2.94. The average molecular weight is 324 g/mol. The lowest BCUT2D eigenvalue weighted by Gasteiger charge is -2.49. The van der Waals surface area contributed by atoms with Gasteiger partial charge in [0.1, 0.15) is 5.75 Å². The first-order valence-corrected chi connectivity index (χ1v) is 9.12. The van der Waals surface area contributed by atoms with E-state index in [0.29, 0.717) is 36.0 Å². The molecule has 1 N–H and O–H groups in total. The topological polar surface area (TPSA) is 45.5 Å². The van der Waals surface area contributed by atoms with Crippen LogP contribution in [0.2, 0.25) is 0 Å². The van der Waals surface area contributed by atoms with Crippen LogP contribution in [-0.4, -0.2) is 40.6 Å². The van der Waals surface area contributed by atoms with Crippen LogP contribution in [0.4, 0.5) is 0 Å². The van der Waals surface area contributed by atoms with Gasteiger partial charge in [-0.15, -0.1) is 0 Å². The molecule has 1 fully saturated rings. The van der Waals surface area contributed by atoms with Crippen molar-refractivity contribution in [3.05, 3.63) is 29.5 Å². The van der Waals surface area contributed by atoms with E-state index in [1.54, 1.807) is 6.07 Å². The van der Waals surface area contributed by atoms with Crippen LogP contribution in [0.25, 0.3) is 10.9 Å². The molecule has 24 heavy (non-hydrogen) atoms. The minimum Gasteiger partial charge on any atom is -0.507 e. The highest BCUT2D eigenvalue weighted by Crippen LogP contribution is 2.55. The van der Waals surface area contributed by atoms with Crippen LogP contribution in [0.5, 0.6) is 5.75 Å². The molecular formula is C20H24N2O2. The fraction of sp³-hybridized carbons (Fsp3) is 0.550. The molecule has 4 nitrogen and oxygen atoms in total. The minimum absolute atomic E-state index is 0.219. The van der Waals surface area contributed by atoms with Crippen LogP contribution in [-0.2, 0) is 6.42 Å². The molecule has 1 aliphatic heterocycles. The smallest absolute Gasteiger partial charge is 0.231 e. The van der Waals surface area contributed by atoms with E-state index in [1.165, 1.54) is 30.5 Å². The van der Waals surface area contributed by atoms with E-state index < -0.39 is 0 Å². The molecule has 2 aromatic rings. The van der Waals surface area contributed by atoms with Gasteiger partial charge in [0.05, 0.1) is 5.52 Å². The maximum atomic E-state index is 12.9. The molecular weight excluding hydrogens is 300 g/mol. The number of aromatic hydroxyl groups is 1. The second-order valence-electron chi connectivity index (χ2n) is 8.08. The fourth-order valence-electron chi connectivity index (χ4n) is 5.90. The van der Waals surface area contributed by atoms with Gasteiger partial charge in [-0.05, 0) is 62.9 Å². The van der Waals surface area contributed by atoms with E-state index in [4.69, 9.17) is 0 Å². The number of phenols is 1. The fourth-order valence-corrected chi connectivity index (χ4v) is 5.90. The number of hydrogen-bond acceptors (Lipinski definition) is 3. The molecule has 1 saturated carbocycles. The number of hydrogen-bond donors (Lipinski definition) is 1. The van der Waals surface area contributed by atoms with Gasteiger partial charge < -0.3 is 10.0 Å². The van der Waals surface area contributed by atoms with Gasteiger partial charge in [-0.25, -0.2) is 0 Å². The molecule has 0 saturated heterocycles. The number of likely N-dealkylation sites (N-methyl/N-ethyl adjacent to an activating group) is 1. The Hall–Kier alpha value is -1.81. The predicted molar refractivity (Wildman–Crippen MR) is 93.6 cm³/mol. The Morgan fingerprint density at radius 1 is 1.21 bits per heavy atom. The first-order valence-electron chi connectivity index (χ1n) is 9.12. The number of carbonyl (C=O) groups is 1. The predicted octanol–water partition coefficient (Wildman–Crippen LogP) is 3.38. The number of aromatic nitrogens is 1. The Morgan fingerprint density at radius 3 is 2.83 bits per heavy atom. The number of fused-ring (bicyclic) bond motifs is 3. The van der Waals surface area contributed by atoms with Crippen molar-refractivity contribution in [1.29, 1.82) is 0 Å². The third kappa shape index (κ3) is 1.70. The van der Waals surface area contributed by atoms with Gasteiger partial charge in [-0.3, -0.25) is 9.36 Å². The zero-order valence-corrected chi connectivity index (χ0v) is 14.3. The third-order valence-corrected chi connectivity index (χ3v) is 6.77. The summed E-state index contributed by atoms with van der Waals surface area (Å²) in [6, 6.07) is 6.10. The number of nitrogens with zero attached hydrogens (tertiary/aromatic N) is 2. The maximum absolute atomic E-state index is 12.9. The van der Waals surface area contributed by atoms with Crippen molar-refractivity contribution in [3.63, 3.8) is 0 Å². The summed E-state index contributed by atoms with van der Waals surface area (Å²) < 4.78 is 1.95. The third-order valence-electron chi connectivity index (χ3n) is 6.77. The Morgan fingerprint density at radius 2 is 2.04 bits per heavy atom. The molecule has 4 heteroatoms.